The van der Waals surface area contributed by atoms with E-state index >= 15 is 0 Å². The first-order chi connectivity index (χ1) is 6.50. The molecular weight excluding hydrogens is 156 g/mol. The van der Waals surface area contributed by atoms with Gasteiger partial charge in [-0.2, -0.15) is 0 Å². The van der Waals surface area contributed by atoms with Gasteiger partial charge in [0.15, 0.2) is 0 Å². The van der Waals surface area contributed by atoms with Crippen molar-refractivity contribution in [2.24, 2.45) is 0 Å². The molecule has 0 heterocycles. The minimum Gasteiger partial charge on any atom is -0.0882 e. The van der Waals surface area contributed by atoms with E-state index in [-0.39, 0.29) is 0 Å². The van der Waals surface area contributed by atoms with E-state index in [2.05, 4.69) is 55.0 Å². The van der Waals surface area contributed by atoms with Gasteiger partial charge in [-0.1, -0.05) is 48.6 Å². The Hall–Kier alpha value is -1.04. The van der Waals surface area contributed by atoms with Crippen molar-refractivity contribution < 1.29 is 0 Å². The molecule has 0 aromatic carbocycles. The minimum absolute atomic E-state index is 1.03. The van der Waals surface area contributed by atoms with Crippen molar-refractivity contribution in [3.63, 3.8) is 0 Å². The van der Waals surface area contributed by atoms with E-state index in [1.807, 2.05) is 0 Å². The Kier molecular flexibility index (Phi) is 5.87. The Balaban J connectivity index is 2.38. The second-order valence-corrected chi connectivity index (χ2v) is 3.07. The molecule has 1 radical (unpaired) electrons. The van der Waals surface area contributed by atoms with Crippen LogP contribution in [0, 0.1) is 6.42 Å². The van der Waals surface area contributed by atoms with Crippen molar-refractivity contribution in [1.29, 1.82) is 0 Å². The van der Waals surface area contributed by atoms with Crippen LogP contribution in [0.1, 0.15) is 25.7 Å². The van der Waals surface area contributed by atoms with Crippen molar-refractivity contribution in [3.05, 3.63) is 55.0 Å². The minimum atomic E-state index is 1.03. The zero-order valence-corrected chi connectivity index (χ0v) is 8.02. The standard InChI is InChI=1S/C13H17/c1-2-4-6-8-10-12-13-11-9-7-5-3-1/h1-6,9,11,13H,7-8,10,12H2. The van der Waals surface area contributed by atoms with Crippen LogP contribution in [0.15, 0.2) is 48.6 Å². The molecule has 0 aromatic heterocycles. The van der Waals surface area contributed by atoms with Gasteiger partial charge in [-0.25, -0.2) is 0 Å². The predicted molar refractivity (Wildman–Crippen MR) is 59.3 cm³/mol. The van der Waals surface area contributed by atoms with E-state index in [0.29, 0.717) is 0 Å². The Bertz CT molecular complexity index is 216. The Morgan fingerprint density at radius 3 is 2.15 bits per heavy atom. The van der Waals surface area contributed by atoms with Crippen LogP contribution in [0.25, 0.3) is 0 Å². The lowest BCUT2D eigenvalue weighted by molar-refractivity contribution is 0.867. The molecule has 0 bridgehead atoms. The van der Waals surface area contributed by atoms with Gasteiger partial charge in [0.2, 0.25) is 0 Å². The van der Waals surface area contributed by atoms with Gasteiger partial charge in [-0.05, 0) is 32.1 Å². The van der Waals surface area contributed by atoms with Gasteiger partial charge in [0, 0.05) is 0 Å². The molecule has 0 fully saturated rings. The van der Waals surface area contributed by atoms with Crippen molar-refractivity contribution in [1.82, 2.24) is 0 Å². The molecule has 0 spiro atoms. The molecule has 69 valence electrons. The summed E-state index contributed by atoms with van der Waals surface area (Å²) in [4.78, 5) is 0. The topological polar surface area (TPSA) is 0 Å². The Morgan fingerprint density at radius 1 is 0.615 bits per heavy atom. The second-order valence-electron chi connectivity index (χ2n) is 3.07. The van der Waals surface area contributed by atoms with Gasteiger partial charge in [-0.3, -0.25) is 0 Å². The van der Waals surface area contributed by atoms with Crippen molar-refractivity contribution >= 4 is 0 Å². The van der Waals surface area contributed by atoms with Crippen LogP contribution in [0.4, 0.5) is 0 Å². The first-order valence-corrected chi connectivity index (χ1v) is 4.97. The zero-order chi connectivity index (χ0) is 9.19. The highest BCUT2D eigenvalue weighted by Gasteiger charge is 1.81. The van der Waals surface area contributed by atoms with Crippen molar-refractivity contribution in [3.8, 4) is 0 Å². The highest BCUT2D eigenvalue weighted by molar-refractivity contribution is 5.12. The quantitative estimate of drug-likeness (QED) is 0.519. The first-order valence-electron chi connectivity index (χ1n) is 4.97. The van der Waals surface area contributed by atoms with E-state index in [9.17, 15) is 0 Å². The Labute approximate surface area is 81.4 Å². The molecule has 1 rings (SSSR count). The number of rotatable bonds is 0. The van der Waals surface area contributed by atoms with Crippen LogP contribution in [-0.2, 0) is 0 Å². The first kappa shape index (κ1) is 10.0. The summed E-state index contributed by atoms with van der Waals surface area (Å²) in [6.07, 6.45) is 24.0. The van der Waals surface area contributed by atoms with Crippen molar-refractivity contribution in [2.75, 3.05) is 0 Å². The van der Waals surface area contributed by atoms with Crippen molar-refractivity contribution in [2.45, 2.75) is 25.7 Å². The third kappa shape index (κ3) is 6.15. The molecule has 0 unspecified atom stereocenters. The highest BCUT2D eigenvalue weighted by Crippen LogP contribution is 2.01. The molecule has 0 saturated heterocycles. The van der Waals surface area contributed by atoms with Crippen LogP contribution in [-0.4, -0.2) is 0 Å². The molecule has 1 aliphatic rings. The largest absolute Gasteiger partial charge is 0.0882 e. The van der Waals surface area contributed by atoms with E-state index in [1.165, 1.54) is 19.3 Å². The number of allylic oxidation sites excluding steroid dienone is 8. The monoisotopic (exact) mass is 173 g/mol. The molecule has 13 heavy (non-hydrogen) atoms. The van der Waals surface area contributed by atoms with Gasteiger partial charge in [0.1, 0.15) is 0 Å². The zero-order valence-electron chi connectivity index (χ0n) is 8.02. The van der Waals surface area contributed by atoms with Crippen LogP contribution in [0.2, 0.25) is 0 Å². The molecule has 0 N–H and O–H groups in total. The summed E-state index contributed by atoms with van der Waals surface area (Å²) >= 11 is 0. The summed E-state index contributed by atoms with van der Waals surface area (Å²) in [5, 5.41) is 0. The summed E-state index contributed by atoms with van der Waals surface area (Å²) in [6.45, 7) is 0. The second kappa shape index (κ2) is 7.60. The summed E-state index contributed by atoms with van der Waals surface area (Å²) in [7, 11) is 0. The number of hydrogen-bond acceptors (Lipinski definition) is 0. The lowest BCUT2D eigenvalue weighted by Gasteiger charge is -1.89. The molecule has 0 heteroatoms. The lowest BCUT2D eigenvalue weighted by atomic mass is 10.2. The van der Waals surface area contributed by atoms with Gasteiger partial charge < -0.3 is 0 Å². The molecule has 1 aliphatic carbocycles. The predicted octanol–water partition coefficient (Wildman–Crippen LogP) is 3.99. The molecule has 0 amide bonds. The van der Waals surface area contributed by atoms with Gasteiger partial charge >= 0.3 is 0 Å². The summed E-state index contributed by atoms with van der Waals surface area (Å²) in [5.74, 6) is 0. The molecule has 0 aromatic rings. The fourth-order valence-corrected chi connectivity index (χ4v) is 1.16. The normalized spacial score (nSPS) is 19.1. The van der Waals surface area contributed by atoms with E-state index < -0.39 is 0 Å². The SMILES string of the molecule is [CH]1C=CCCCC=CC=CC=CC1. The maximum Gasteiger partial charge on any atom is -0.0133 e. The molecule has 0 saturated carbocycles. The lowest BCUT2D eigenvalue weighted by Crippen LogP contribution is -1.70. The van der Waals surface area contributed by atoms with E-state index in [0.717, 1.165) is 6.42 Å². The summed E-state index contributed by atoms with van der Waals surface area (Å²) in [6, 6.07) is 0. The number of hydrogen-bond donors (Lipinski definition) is 0. The van der Waals surface area contributed by atoms with Gasteiger partial charge in [-0.15, -0.1) is 0 Å². The van der Waals surface area contributed by atoms with Crippen LogP contribution < -0.4 is 0 Å². The van der Waals surface area contributed by atoms with Crippen LogP contribution in [0.5, 0.6) is 0 Å². The maximum absolute atomic E-state index is 2.24. The average Bonchev–Trinajstić information content (AvgIpc) is 2.18. The van der Waals surface area contributed by atoms with E-state index in [4.69, 9.17) is 0 Å². The summed E-state index contributed by atoms with van der Waals surface area (Å²) < 4.78 is 0. The third-order valence-corrected chi connectivity index (χ3v) is 1.89. The van der Waals surface area contributed by atoms with Crippen LogP contribution >= 0.6 is 0 Å². The molecule has 0 aliphatic heterocycles. The maximum atomic E-state index is 2.24. The van der Waals surface area contributed by atoms with E-state index in [1.54, 1.807) is 0 Å². The van der Waals surface area contributed by atoms with Crippen LogP contribution in [0.3, 0.4) is 0 Å². The summed E-state index contributed by atoms with van der Waals surface area (Å²) in [5.41, 5.74) is 0. The fourth-order valence-electron chi connectivity index (χ4n) is 1.16. The molecular formula is C13H17. The fraction of sp³-hybridized carbons (Fsp3) is 0.308. The third-order valence-electron chi connectivity index (χ3n) is 1.89. The average molecular weight is 173 g/mol. The molecule has 0 nitrogen and oxygen atoms in total. The van der Waals surface area contributed by atoms with Gasteiger partial charge in [0.25, 0.3) is 0 Å². The van der Waals surface area contributed by atoms with Gasteiger partial charge in [0.05, 0.1) is 0 Å². The molecule has 0 atom stereocenters. The highest BCUT2D eigenvalue weighted by atomic mass is 13.9. The Morgan fingerprint density at radius 2 is 1.31 bits per heavy atom. The smallest absolute Gasteiger partial charge is 0.0133 e.